The van der Waals surface area contributed by atoms with Gasteiger partial charge in [0.25, 0.3) is 5.91 Å². The zero-order chi connectivity index (χ0) is 21.4. The second kappa shape index (κ2) is 10.1. The smallest absolute Gasteiger partial charge is 0.253 e. The summed E-state index contributed by atoms with van der Waals surface area (Å²) in [4.78, 5) is 18.4. The lowest BCUT2D eigenvalue weighted by Gasteiger charge is -2.12. The number of rotatable bonds is 7. The molecular weight excluding hydrogens is 388 g/mol. The van der Waals surface area contributed by atoms with Crippen molar-refractivity contribution in [2.24, 2.45) is 4.99 Å². The van der Waals surface area contributed by atoms with Crippen LogP contribution in [0, 0.1) is 0 Å². The second-order valence-electron chi connectivity index (χ2n) is 6.86. The number of carbonyl (C=O) groups excluding carboxylic acids is 1. The summed E-state index contributed by atoms with van der Waals surface area (Å²) < 4.78 is 23.1. The lowest BCUT2D eigenvalue weighted by atomic mass is 10.1. The van der Waals surface area contributed by atoms with Gasteiger partial charge >= 0.3 is 0 Å². The van der Waals surface area contributed by atoms with E-state index in [2.05, 4.69) is 15.6 Å². The van der Waals surface area contributed by atoms with Crippen LogP contribution >= 0.6 is 0 Å². The summed E-state index contributed by atoms with van der Waals surface area (Å²) in [5.41, 5.74) is 2.59. The molecule has 2 aromatic rings. The van der Waals surface area contributed by atoms with Gasteiger partial charge in [-0.15, -0.1) is 0 Å². The maximum atomic E-state index is 11.9. The van der Waals surface area contributed by atoms with E-state index < -0.39 is 9.84 Å². The van der Waals surface area contributed by atoms with Crippen LogP contribution in [0.25, 0.3) is 0 Å². The Hall–Kier alpha value is -2.87. The maximum absolute atomic E-state index is 11.9. The van der Waals surface area contributed by atoms with Gasteiger partial charge in [0.15, 0.2) is 15.8 Å². The number of hydrogen-bond donors (Lipinski definition) is 2. The monoisotopic (exact) mass is 416 g/mol. The van der Waals surface area contributed by atoms with Crippen molar-refractivity contribution >= 4 is 21.7 Å². The van der Waals surface area contributed by atoms with Crippen molar-refractivity contribution in [1.29, 1.82) is 0 Å². The highest BCUT2D eigenvalue weighted by molar-refractivity contribution is 7.90. The molecule has 0 aliphatic rings. The highest BCUT2D eigenvalue weighted by Gasteiger charge is 2.08. The van der Waals surface area contributed by atoms with Crippen LogP contribution < -0.4 is 10.6 Å². The van der Waals surface area contributed by atoms with Crippen LogP contribution in [-0.2, 0) is 22.9 Å². The second-order valence-corrected chi connectivity index (χ2v) is 8.88. The molecule has 1 amide bonds. The van der Waals surface area contributed by atoms with Crippen molar-refractivity contribution in [2.75, 3.05) is 26.9 Å². The Morgan fingerprint density at radius 2 is 1.55 bits per heavy atom. The van der Waals surface area contributed by atoms with Gasteiger partial charge in [0.1, 0.15) is 0 Å². The molecule has 0 saturated carbocycles. The summed E-state index contributed by atoms with van der Waals surface area (Å²) in [7, 11) is 0.259. The van der Waals surface area contributed by atoms with Crippen LogP contribution in [-0.4, -0.2) is 52.1 Å². The molecular formula is C21H28N4O3S. The van der Waals surface area contributed by atoms with Crippen LogP contribution in [0.3, 0.4) is 0 Å². The highest BCUT2D eigenvalue weighted by Crippen LogP contribution is 2.10. The van der Waals surface area contributed by atoms with E-state index in [0.29, 0.717) is 29.5 Å². The number of guanidine groups is 1. The quantitative estimate of drug-likeness (QED) is 0.533. The topological polar surface area (TPSA) is 90.9 Å². The molecule has 7 nitrogen and oxygen atoms in total. The van der Waals surface area contributed by atoms with E-state index in [1.165, 1.54) is 6.26 Å². The van der Waals surface area contributed by atoms with Gasteiger partial charge in [0.05, 0.1) is 11.4 Å². The molecule has 0 atom stereocenters. The Labute approximate surface area is 172 Å². The largest absolute Gasteiger partial charge is 0.357 e. The standard InChI is InChI=1S/C21H28N4O3S/c1-5-22-21(24-15-17-8-12-19(13-9-17)29(4,27)28)23-14-16-6-10-18(11-7-16)20(26)25(2)3/h6-13H,5,14-15H2,1-4H3,(H2,22,23,24). The number of amides is 1. The van der Waals surface area contributed by atoms with E-state index in [-0.39, 0.29) is 5.91 Å². The number of benzene rings is 2. The normalized spacial score (nSPS) is 11.8. The Morgan fingerprint density at radius 1 is 0.966 bits per heavy atom. The third-order valence-corrected chi connectivity index (χ3v) is 5.31. The summed E-state index contributed by atoms with van der Waals surface area (Å²) >= 11 is 0. The van der Waals surface area contributed by atoms with E-state index in [0.717, 1.165) is 17.7 Å². The average molecular weight is 417 g/mol. The third kappa shape index (κ3) is 6.90. The number of nitrogens with one attached hydrogen (secondary N) is 2. The SMILES string of the molecule is CCNC(=NCc1ccc(C(=O)N(C)C)cc1)NCc1ccc(S(C)(=O)=O)cc1. The van der Waals surface area contributed by atoms with Crippen molar-refractivity contribution in [1.82, 2.24) is 15.5 Å². The molecule has 0 radical (unpaired) electrons. The fourth-order valence-corrected chi connectivity index (χ4v) is 3.19. The number of hydrogen-bond acceptors (Lipinski definition) is 4. The number of sulfone groups is 1. The first-order valence-corrected chi connectivity index (χ1v) is 11.2. The Morgan fingerprint density at radius 3 is 2.07 bits per heavy atom. The lowest BCUT2D eigenvalue weighted by molar-refractivity contribution is 0.0827. The van der Waals surface area contributed by atoms with Gasteiger partial charge in [-0.3, -0.25) is 4.79 Å². The minimum absolute atomic E-state index is 0.0306. The summed E-state index contributed by atoms with van der Waals surface area (Å²) in [6, 6.07) is 14.2. The molecule has 0 fully saturated rings. The molecule has 0 spiro atoms. The van der Waals surface area contributed by atoms with Crippen molar-refractivity contribution in [2.45, 2.75) is 24.9 Å². The molecule has 2 N–H and O–H groups in total. The average Bonchev–Trinajstić information content (AvgIpc) is 2.69. The minimum atomic E-state index is -3.19. The molecule has 0 heterocycles. The van der Waals surface area contributed by atoms with Crippen LogP contribution in [0.2, 0.25) is 0 Å². The van der Waals surface area contributed by atoms with Gasteiger partial charge in [0, 0.05) is 39.0 Å². The van der Waals surface area contributed by atoms with Crippen LogP contribution in [0.4, 0.5) is 0 Å². The van der Waals surface area contributed by atoms with E-state index in [1.807, 2.05) is 19.1 Å². The Balaban J connectivity index is 2.00. The zero-order valence-corrected chi connectivity index (χ0v) is 18.1. The molecule has 2 aromatic carbocycles. The summed E-state index contributed by atoms with van der Waals surface area (Å²) in [6.45, 7) is 3.69. The zero-order valence-electron chi connectivity index (χ0n) is 17.3. The molecule has 156 valence electrons. The lowest BCUT2D eigenvalue weighted by Crippen LogP contribution is -2.36. The highest BCUT2D eigenvalue weighted by atomic mass is 32.2. The first-order chi connectivity index (χ1) is 13.7. The summed E-state index contributed by atoms with van der Waals surface area (Å²) in [6.07, 6.45) is 1.19. The molecule has 0 aromatic heterocycles. The predicted molar refractivity (Wildman–Crippen MR) is 116 cm³/mol. The van der Waals surface area contributed by atoms with E-state index in [1.54, 1.807) is 55.4 Å². The van der Waals surface area contributed by atoms with Gasteiger partial charge in [-0.1, -0.05) is 24.3 Å². The van der Waals surface area contributed by atoms with Gasteiger partial charge in [-0.2, -0.15) is 0 Å². The van der Waals surface area contributed by atoms with E-state index >= 15 is 0 Å². The molecule has 29 heavy (non-hydrogen) atoms. The molecule has 0 aliphatic heterocycles. The van der Waals surface area contributed by atoms with Gasteiger partial charge in [0.2, 0.25) is 0 Å². The van der Waals surface area contributed by atoms with E-state index in [9.17, 15) is 13.2 Å². The molecule has 0 unspecified atom stereocenters. The fraction of sp³-hybridized carbons (Fsp3) is 0.333. The van der Waals surface area contributed by atoms with Gasteiger partial charge < -0.3 is 15.5 Å². The van der Waals surface area contributed by atoms with Gasteiger partial charge in [-0.05, 0) is 42.3 Å². The van der Waals surface area contributed by atoms with E-state index in [4.69, 9.17) is 0 Å². The Bertz CT molecular complexity index is 950. The van der Waals surface area contributed by atoms with Crippen molar-refractivity contribution in [3.63, 3.8) is 0 Å². The van der Waals surface area contributed by atoms with Crippen LogP contribution in [0.5, 0.6) is 0 Å². The molecule has 0 bridgehead atoms. The first-order valence-electron chi connectivity index (χ1n) is 9.32. The molecule has 8 heteroatoms. The van der Waals surface area contributed by atoms with Crippen molar-refractivity contribution in [3.8, 4) is 0 Å². The van der Waals surface area contributed by atoms with Crippen LogP contribution in [0.15, 0.2) is 58.4 Å². The third-order valence-electron chi connectivity index (χ3n) is 4.18. The number of aliphatic imine (C=N–C) groups is 1. The van der Waals surface area contributed by atoms with Crippen LogP contribution in [0.1, 0.15) is 28.4 Å². The molecule has 2 rings (SSSR count). The molecule has 0 aliphatic carbocycles. The van der Waals surface area contributed by atoms with Crippen molar-refractivity contribution in [3.05, 3.63) is 65.2 Å². The first kappa shape index (κ1) is 22.4. The summed E-state index contributed by atoms with van der Waals surface area (Å²) in [5, 5.41) is 6.42. The Kier molecular flexibility index (Phi) is 7.78. The maximum Gasteiger partial charge on any atom is 0.253 e. The molecule has 0 saturated heterocycles. The predicted octanol–water partition coefficient (Wildman–Crippen LogP) is 2.05. The summed E-state index contributed by atoms with van der Waals surface area (Å²) in [5.74, 6) is 0.630. The van der Waals surface area contributed by atoms with Gasteiger partial charge in [-0.25, -0.2) is 13.4 Å². The number of nitrogens with zero attached hydrogens (tertiary/aromatic N) is 2. The minimum Gasteiger partial charge on any atom is -0.357 e. The fourth-order valence-electron chi connectivity index (χ4n) is 2.56. The number of carbonyl (C=O) groups is 1. The van der Waals surface area contributed by atoms with Crippen molar-refractivity contribution < 1.29 is 13.2 Å².